The van der Waals surface area contributed by atoms with Crippen molar-refractivity contribution in [2.45, 2.75) is 77.6 Å². The fourth-order valence-electron chi connectivity index (χ4n) is 3.49. The third kappa shape index (κ3) is 5.08. The van der Waals surface area contributed by atoms with Gasteiger partial charge in [0, 0.05) is 24.2 Å². The zero-order chi connectivity index (χ0) is 21.2. The van der Waals surface area contributed by atoms with E-state index >= 15 is 0 Å². The Balaban J connectivity index is 2.14. The number of carbonyl (C=O) groups excluding carboxylic acids is 1. The highest BCUT2D eigenvalue weighted by Crippen LogP contribution is 2.33. The Labute approximate surface area is 163 Å². The molecule has 0 bridgehead atoms. The summed E-state index contributed by atoms with van der Waals surface area (Å²) < 4.78 is 33.1. The van der Waals surface area contributed by atoms with Crippen molar-refractivity contribution in [2.75, 3.05) is 5.32 Å². The van der Waals surface area contributed by atoms with Gasteiger partial charge in [0.2, 0.25) is 0 Å². The molecule has 7 nitrogen and oxygen atoms in total. The molecule has 1 aromatic rings. The minimum absolute atomic E-state index is 0.00714. The van der Waals surface area contributed by atoms with Crippen LogP contribution in [-0.4, -0.2) is 39.6 Å². The first-order valence-corrected chi connectivity index (χ1v) is 9.31. The minimum atomic E-state index is -1.29. The summed E-state index contributed by atoms with van der Waals surface area (Å²) in [5, 5.41) is 13.9. The van der Waals surface area contributed by atoms with E-state index in [0.717, 1.165) is 25.0 Å². The molecule has 3 atom stereocenters. The van der Waals surface area contributed by atoms with Gasteiger partial charge >= 0.3 is 6.09 Å². The number of anilines is 1. The van der Waals surface area contributed by atoms with Crippen molar-refractivity contribution in [1.29, 1.82) is 0 Å². The van der Waals surface area contributed by atoms with Crippen LogP contribution in [-0.2, 0) is 4.74 Å². The Hall–Kier alpha value is -2.45. The van der Waals surface area contributed by atoms with Gasteiger partial charge in [0.05, 0.1) is 4.92 Å². The van der Waals surface area contributed by atoms with Gasteiger partial charge in [-0.25, -0.2) is 13.6 Å². The van der Waals surface area contributed by atoms with Crippen LogP contribution in [0.5, 0.6) is 0 Å². The van der Waals surface area contributed by atoms with E-state index < -0.39 is 45.7 Å². The van der Waals surface area contributed by atoms with E-state index in [9.17, 15) is 23.7 Å². The number of ether oxygens (including phenoxy) is 1. The topological polar surface area (TPSA) is 84.7 Å². The van der Waals surface area contributed by atoms with Gasteiger partial charge in [-0.3, -0.25) is 10.1 Å². The summed E-state index contributed by atoms with van der Waals surface area (Å²) in [4.78, 5) is 24.6. The molecule has 3 unspecified atom stereocenters. The van der Waals surface area contributed by atoms with Gasteiger partial charge in [0.1, 0.15) is 5.60 Å². The number of nitrogens with one attached hydrogen (secondary N) is 1. The second-order valence-corrected chi connectivity index (χ2v) is 8.26. The molecule has 28 heavy (non-hydrogen) atoms. The van der Waals surface area contributed by atoms with Crippen molar-refractivity contribution in [2.24, 2.45) is 0 Å². The Morgan fingerprint density at radius 2 is 2.04 bits per heavy atom. The van der Waals surface area contributed by atoms with E-state index in [1.54, 1.807) is 32.6 Å². The van der Waals surface area contributed by atoms with Crippen molar-refractivity contribution in [3.8, 4) is 0 Å². The minimum Gasteiger partial charge on any atom is -0.444 e. The summed E-state index contributed by atoms with van der Waals surface area (Å²) >= 11 is 0. The van der Waals surface area contributed by atoms with Crippen LogP contribution in [0.4, 0.5) is 25.0 Å². The van der Waals surface area contributed by atoms with Crippen LogP contribution < -0.4 is 5.32 Å². The number of carbonyl (C=O) groups is 1. The van der Waals surface area contributed by atoms with Crippen LogP contribution in [0.2, 0.25) is 0 Å². The highest BCUT2D eigenvalue weighted by molar-refractivity contribution is 5.69. The van der Waals surface area contributed by atoms with Crippen LogP contribution in [0.3, 0.4) is 0 Å². The van der Waals surface area contributed by atoms with Gasteiger partial charge in [0.25, 0.3) is 5.69 Å². The number of amides is 1. The van der Waals surface area contributed by atoms with E-state index in [2.05, 4.69) is 5.32 Å². The summed E-state index contributed by atoms with van der Waals surface area (Å²) in [6.07, 6.45) is 1.53. The molecule has 1 heterocycles. The number of nitro benzene ring substituents is 1. The van der Waals surface area contributed by atoms with Gasteiger partial charge in [-0.1, -0.05) is 0 Å². The van der Waals surface area contributed by atoms with Crippen LogP contribution in [0.15, 0.2) is 12.1 Å². The Bertz CT molecular complexity index is 751. The number of nitro groups is 1. The predicted molar refractivity (Wildman–Crippen MR) is 101 cm³/mol. The second kappa shape index (κ2) is 8.28. The average molecular weight is 399 g/mol. The molecule has 0 saturated carbocycles. The summed E-state index contributed by atoms with van der Waals surface area (Å²) in [5.74, 6) is -2.45. The molecule has 0 spiro atoms. The SMILES string of the molecule is CC(CC1CCC(C)N1C(=O)OC(C)(C)C)Nc1c([N+](=O)[O-])ccc(F)c1F. The fraction of sp³-hybridized carbons (Fsp3) is 0.632. The standard InChI is InChI=1S/C19H27F2N3O4/c1-11(22-17-15(24(26)27)9-8-14(20)16(17)21)10-13-7-6-12(2)23(13)18(25)28-19(3,4)5/h8-9,11-13,22H,6-7,10H2,1-5H3. The van der Waals surface area contributed by atoms with E-state index in [-0.39, 0.29) is 12.1 Å². The summed E-state index contributed by atoms with van der Waals surface area (Å²) in [7, 11) is 0. The molecule has 1 aliphatic heterocycles. The smallest absolute Gasteiger partial charge is 0.410 e. The molecule has 0 aliphatic carbocycles. The maximum absolute atomic E-state index is 14.1. The van der Waals surface area contributed by atoms with Crippen LogP contribution in [0.1, 0.15) is 53.9 Å². The van der Waals surface area contributed by atoms with Gasteiger partial charge < -0.3 is 15.0 Å². The lowest BCUT2D eigenvalue weighted by molar-refractivity contribution is -0.384. The molecule has 1 amide bonds. The average Bonchev–Trinajstić information content (AvgIpc) is 2.90. The highest BCUT2D eigenvalue weighted by Gasteiger charge is 2.38. The molecule has 1 N–H and O–H groups in total. The van der Waals surface area contributed by atoms with E-state index in [4.69, 9.17) is 4.74 Å². The first kappa shape index (κ1) is 21.8. The summed E-state index contributed by atoms with van der Waals surface area (Å²) in [6.45, 7) is 9.01. The fourth-order valence-corrected chi connectivity index (χ4v) is 3.49. The lowest BCUT2D eigenvalue weighted by atomic mass is 10.1. The lowest BCUT2D eigenvalue weighted by Crippen LogP contribution is -2.44. The third-order valence-corrected chi connectivity index (χ3v) is 4.68. The van der Waals surface area contributed by atoms with Gasteiger partial charge in [0.15, 0.2) is 17.3 Å². The van der Waals surface area contributed by atoms with Crippen LogP contribution >= 0.6 is 0 Å². The van der Waals surface area contributed by atoms with Gasteiger partial charge in [-0.15, -0.1) is 0 Å². The van der Waals surface area contributed by atoms with Crippen LogP contribution in [0.25, 0.3) is 0 Å². The highest BCUT2D eigenvalue weighted by atomic mass is 19.2. The van der Waals surface area contributed by atoms with Crippen LogP contribution in [0, 0.1) is 21.7 Å². The molecule has 156 valence electrons. The summed E-state index contributed by atoms with van der Waals surface area (Å²) in [6, 6.07) is 1.05. The van der Waals surface area contributed by atoms with Crippen molar-refractivity contribution < 1.29 is 23.2 Å². The van der Waals surface area contributed by atoms with Crippen molar-refractivity contribution in [1.82, 2.24) is 4.90 Å². The van der Waals surface area contributed by atoms with Gasteiger partial charge in [-0.2, -0.15) is 0 Å². The number of hydrogen-bond acceptors (Lipinski definition) is 5. The number of likely N-dealkylation sites (tertiary alicyclic amines) is 1. The van der Waals surface area contributed by atoms with E-state index in [1.165, 1.54) is 0 Å². The monoisotopic (exact) mass is 399 g/mol. The summed E-state index contributed by atoms with van der Waals surface area (Å²) in [5.41, 5.74) is -1.64. The van der Waals surface area contributed by atoms with E-state index in [1.807, 2.05) is 6.92 Å². The predicted octanol–water partition coefficient (Wildman–Crippen LogP) is 4.85. The number of hydrogen-bond donors (Lipinski definition) is 1. The van der Waals surface area contributed by atoms with E-state index in [0.29, 0.717) is 6.42 Å². The number of halogens is 2. The first-order chi connectivity index (χ1) is 12.9. The Morgan fingerprint density at radius 3 is 2.61 bits per heavy atom. The maximum Gasteiger partial charge on any atom is 0.410 e. The van der Waals surface area contributed by atoms with Crippen molar-refractivity contribution in [3.05, 3.63) is 33.9 Å². The number of rotatable bonds is 5. The van der Waals surface area contributed by atoms with Crippen molar-refractivity contribution >= 4 is 17.5 Å². The zero-order valence-electron chi connectivity index (χ0n) is 16.8. The molecule has 1 aliphatic rings. The normalized spacial score (nSPS) is 20.8. The zero-order valence-corrected chi connectivity index (χ0v) is 16.8. The molecular weight excluding hydrogens is 372 g/mol. The quantitative estimate of drug-likeness (QED) is 0.565. The lowest BCUT2D eigenvalue weighted by Gasteiger charge is -2.32. The molecule has 1 fully saturated rings. The second-order valence-electron chi connectivity index (χ2n) is 8.26. The molecule has 1 saturated heterocycles. The maximum atomic E-state index is 14.1. The molecule has 1 aromatic carbocycles. The molecular formula is C19H27F2N3O4. The Morgan fingerprint density at radius 1 is 1.39 bits per heavy atom. The molecule has 9 heteroatoms. The number of benzene rings is 1. The Kier molecular flexibility index (Phi) is 6.46. The first-order valence-electron chi connectivity index (χ1n) is 9.31. The largest absolute Gasteiger partial charge is 0.444 e. The number of nitrogens with zero attached hydrogens (tertiary/aromatic N) is 2. The molecule has 2 rings (SSSR count). The third-order valence-electron chi connectivity index (χ3n) is 4.68. The van der Waals surface area contributed by atoms with Crippen molar-refractivity contribution in [3.63, 3.8) is 0 Å². The molecule has 0 radical (unpaired) electrons. The van der Waals surface area contributed by atoms with Gasteiger partial charge in [-0.05, 0) is 59.9 Å². The molecule has 0 aromatic heterocycles.